The van der Waals surface area contributed by atoms with E-state index in [1.54, 1.807) is 0 Å². The predicted molar refractivity (Wildman–Crippen MR) is 90.4 cm³/mol. The Bertz CT molecular complexity index is 517. The van der Waals surface area contributed by atoms with Crippen LogP contribution in [0.5, 0.6) is 0 Å². The molecule has 0 heterocycles. The number of rotatable bonds is 9. The number of sulfone groups is 1. The fraction of sp³-hybridized carbons (Fsp3) is 0.647. The highest BCUT2D eigenvalue weighted by Gasteiger charge is 2.13. The smallest absolute Gasteiger partial charge is 0.154 e. The van der Waals surface area contributed by atoms with Gasteiger partial charge in [-0.05, 0) is 52.1 Å². The maximum atomic E-state index is 12.2. The molecule has 0 amide bonds. The third kappa shape index (κ3) is 7.63. The first-order chi connectivity index (χ1) is 9.82. The van der Waals surface area contributed by atoms with Crippen LogP contribution in [0, 0.1) is 13.8 Å². The maximum absolute atomic E-state index is 12.2. The average Bonchev–Trinajstić information content (AvgIpc) is 2.34. The second-order valence-electron chi connectivity index (χ2n) is 6.09. The summed E-state index contributed by atoms with van der Waals surface area (Å²) in [5, 5.41) is 3.39. The summed E-state index contributed by atoms with van der Waals surface area (Å²) < 4.78 is 24.4. The lowest BCUT2D eigenvalue weighted by molar-refractivity contribution is 0.506. The van der Waals surface area contributed by atoms with Gasteiger partial charge in [0.1, 0.15) is 0 Å². The molecule has 1 unspecified atom stereocenters. The van der Waals surface area contributed by atoms with Gasteiger partial charge >= 0.3 is 0 Å². The van der Waals surface area contributed by atoms with E-state index >= 15 is 0 Å². The highest BCUT2D eigenvalue weighted by molar-refractivity contribution is 7.90. The van der Waals surface area contributed by atoms with E-state index in [4.69, 9.17) is 0 Å². The molecule has 1 aromatic rings. The van der Waals surface area contributed by atoms with E-state index < -0.39 is 9.84 Å². The van der Waals surface area contributed by atoms with Crippen LogP contribution in [0.25, 0.3) is 0 Å². The van der Waals surface area contributed by atoms with Crippen molar-refractivity contribution in [3.63, 3.8) is 0 Å². The van der Waals surface area contributed by atoms with Gasteiger partial charge in [-0.25, -0.2) is 8.42 Å². The monoisotopic (exact) mass is 311 g/mol. The highest BCUT2D eigenvalue weighted by Crippen LogP contribution is 2.13. The number of hydrogen-bond donors (Lipinski definition) is 1. The van der Waals surface area contributed by atoms with E-state index in [1.807, 2.05) is 26.0 Å². The summed E-state index contributed by atoms with van der Waals surface area (Å²) in [6.45, 7) is 9.26. The van der Waals surface area contributed by atoms with Gasteiger partial charge in [0.15, 0.2) is 9.84 Å². The summed E-state index contributed by atoms with van der Waals surface area (Å²) in [6.07, 6.45) is 2.74. The molecule has 0 aliphatic heterocycles. The molecule has 0 aromatic heterocycles. The fourth-order valence-electron chi connectivity index (χ4n) is 2.58. The van der Waals surface area contributed by atoms with E-state index in [-0.39, 0.29) is 11.5 Å². The lowest BCUT2D eigenvalue weighted by Crippen LogP contribution is -2.27. The lowest BCUT2D eigenvalue weighted by Gasteiger charge is -2.13. The standard InChI is InChI=1S/C17H29NO2S/c1-5-8-18-16(4)7-6-9-21(19,20)13-17-11-14(2)10-15(3)12-17/h10-12,16,18H,5-9,13H2,1-4H3. The molecule has 0 spiro atoms. The Morgan fingerprint density at radius 1 is 1.14 bits per heavy atom. The zero-order valence-corrected chi connectivity index (χ0v) is 14.6. The molecule has 120 valence electrons. The summed E-state index contributed by atoms with van der Waals surface area (Å²) in [6, 6.07) is 6.39. The van der Waals surface area contributed by atoms with Crippen molar-refractivity contribution in [2.45, 2.75) is 58.8 Å². The lowest BCUT2D eigenvalue weighted by atomic mass is 10.1. The zero-order valence-electron chi connectivity index (χ0n) is 13.8. The Morgan fingerprint density at radius 2 is 1.76 bits per heavy atom. The fourth-order valence-corrected chi connectivity index (χ4v) is 4.01. The molecule has 0 saturated carbocycles. The topological polar surface area (TPSA) is 46.2 Å². The third-order valence-corrected chi connectivity index (χ3v) is 5.19. The van der Waals surface area contributed by atoms with Crippen LogP contribution in [0.1, 0.15) is 49.8 Å². The molecular weight excluding hydrogens is 282 g/mol. The van der Waals surface area contributed by atoms with Crippen molar-refractivity contribution in [1.82, 2.24) is 5.32 Å². The summed E-state index contributed by atoms with van der Waals surface area (Å²) >= 11 is 0. The van der Waals surface area contributed by atoms with Crippen LogP contribution in [0.2, 0.25) is 0 Å². The number of hydrogen-bond acceptors (Lipinski definition) is 3. The Morgan fingerprint density at radius 3 is 2.33 bits per heavy atom. The number of aryl methyl sites for hydroxylation is 2. The van der Waals surface area contributed by atoms with Crippen molar-refractivity contribution in [3.05, 3.63) is 34.9 Å². The zero-order chi connectivity index (χ0) is 15.9. The van der Waals surface area contributed by atoms with Crippen molar-refractivity contribution in [3.8, 4) is 0 Å². The average molecular weight is 311 g/mol. The SMILES string of the molecule is CCCNC(C)CCCS(=O)(=O)Cc1cc(C)cc(C)c1. The first-order valence-electron chi connectivity index (χ1n) is 7.83. The minimum Gasteiger partial charge on any atom is -0.314 e. The van der Waals surface area contributed by atoms with Gasteiger partial charge in [-0.15, -0.1) is 0 Å². The van der Waals surface area contributed by atoms with E-state index in [9.17, 15) is 8.42 Å². The van der Waals surface area contributed by atoms with Gasteiger partial charge in [0.2, 0.25) is 0 Å². The Hall–Kier alpha value is -0.870. The van der Waals surface area contributed by atoms with Gasteiger partial charge < -0.3 is 5.32 Å². The number of benzene rings is 1. The molecule has 4 heteroatoms. The highest BCUT2D eigenvalue weighted by atomic mass is 32.2. The molecule has 1 atom stereocenters. The van der Waals surface area contributed by atoms with Crippen LogP contribution in [0.3, 0.4) is 0 Å². The second kappa shape index (κ2) is 8.54. The van der Waals surface area contributed by atoms with Gasteiger partial charge in [0, 0.05) is 6.04 Å². The molecule has 1 rings (SSSR count). The Kier molecular flexibility index (Phi) is 7.40. The molecule has 1 aromatic carbocycles. The van der Waals surface area contributed by atoms with Gasteiger partial charge in [0.25, 0.3) is 0 Å². The molecular formula is C17H29NO2S. The molecule has 0 bridgehead atoms. The molecule has 0 saturated heterocycles. The first kappa shape index (κ1) is 18.2. The van der Waals surface area contributed by atoms with Crippen LogP contribution in [-0.4, -0.2) is 26.8 Å². The van der Waals surface area contributed by atoms with Gasteiger partial charge in [-0.2, -0.15) is 0 Å². The minimum atomic E-state index is -3.01. The maximum Gasteiger partial charge on any atom is 0.154 e. The normalized spacial score (nSPS) is 13.3. The van der Waals surface area contributed by atoms with Crippen LogP contribution in [0.4, 0.5) is 0 Å². The van der Waals surface area contributed by atoms with E-state index in [2.05, 4.69) is 25.2 Å². The van der Waals surface area contributed by atoms with Gasteiger partial charge in [-0.1, -0.05) is 36.2 Å². The van der Waals surface area contributed by atoms with Crippen molar-refractivity contribution in [2.24, 2.45) is 0 Å². The summed E-state index contributed by atoms with van der Waals surface area (Å²) in [4.78, 5) is 0. The Balaban J connectivity index is 2.47. The van der Waals surface area contributed by atoms with Crippen LogP contribution in [-0.2, 0) is 15.6 Å². The second-order valence-corrected chi connectivity index (χ2v) is 8.27. The Labute approximate surface area is 130 Å². The molecule has 21 heavy (non-hydrogen) atoms. The largest absolute Gasteiger partial charge is 0.314 e. The first-order valence-corrected chi connectivity index (χ1v) is 9.65. The van der Waals surface area contributed by atoms with Crippen molar-refractivity contribution in [2.75, 3.05) is 12.3 Å². The molecule has 0 fully saturated rings. The van der Waals surface area contributed by atoms with E-state index in [1.165, 1.54) is 0 Å². The van der Waals surface area contributed by atoms with Crippen molar-refractivity contribution < 1.29 is 8.42 Å². The quantitative estimate of drug-likeness (QED) is 0.760. The molecule has 0 aliphatic carbocycles. The summed E-state index contributed by atoms with van der Waals surface area (Å²) in [5.41, 5.74) is 3.15. The minimum absolute atomic E-state index is 0.159. The van der Waals surface area contributed by atoms with Crippen molar-refractivity contribution in [1.29, 1.82) is 0 Å². The van der Waals surface area contributed by atoms with Gasteiger partial charge in [-0.3, -0.25) is 0 Å². The molecule has 0 radical (unpaired) electrons. The summed E-state index contributed by atoms with van der Waals surface area (Å²) in [7, 11) is -3.01. The predicted octanol–water partition coefficient (Wildman–Crippen LogP) is 3.39. The van der Waals surface area contributed by atoms with E-state index in [0.29, 0.717) is 6.04 Å². The van der Waals surface area contributed by atoms with E-state index in [0.717, 1.165) is 42.5 Å². The van der Waals surface area contributed by atoms with Gasteiger partial charge in [0.05, 0.1) is 11.5 Å². The third-order valence-electron chi connectivity index (χ3n) is 3.50. The summed E-state index contributed by atoms with van der Waals surface area (Å²) in [5.74, 6) is 0.435. The van der Waals surface area contributed by atoms with Crippen LogP contribution < -0.4 is 5.32 Å². The number of nitrogens with one attached hydrogen (secondary N) is 1. The van der Waals surface area contributed by atoms with Crippen LogP contribution in [0.15, 0.2) is 18.2 Å². The van der Waals surface area contributed by atoms with Crippen molar-refractivity contribution >= 4 is 9.84 Å². The van der Waals surface area contributed by atoms with Crippen LogP contribution >= 0.6 is 0 Å². The molecule has 3 nitrogen and oxygen atoms in total. The molecule has 1 N–H and O–H groups in total. The molecule has 0 aliphatic rings.